The molecule has 0 amide bonds. The Morgan fingerprint density at radius 2 is 1.73 bits per heavy atom. The van der Waals surface area contributed by atoms with E-state index >= 15 is 0 Å². The van der Waals surface area contributed by atoms with Crippen LogP contribution in [0.1, 0.15) is 67.2 Å². The van der Waals surface area contributed by atoms with E-state index in [1.165, 1.54) is 26.4 Å². The van der Waals surface area contributed by atoms with Gasteiger partial charge in [0.2, 0.25) is 5.76 Å². The fourth-order valence-corrected chi connectivity index (χ4v) is 2.22. The van der Waals surface area contributed by atoms with Gasteiger partial charge in [-0.05, 0) is 44.6 Å². The van der Waals surface area contributed by atoms with Gasteiger partial charge in [-0.2, -0.15) is 0 Å². The van der Waals surface area contributed by atoms with Crippen LogP contribution in [-0.4, -0.2) is 19.2 Å². The lowest BCUT2D eigenvalue weighted by Gasteiger charge is -2.12. The van der Waals surface area contributed by atoms with Gasteiger partial charge in [-0.1, -0.05) is 52.2 Å². The van der Waals surface area contributed by atoms with Gasteiger partial charge in [-0.25, -0.2) is 4.79 Å². The maximum Gasteiger partial charge on any atom is 0.374 e. The van der Waals surface area contributed by atoms with E-state index in [1.54, 1.807) is 0 Å². The minimum absolute atomic E-state index is 0.143. The summed E-state index contributed by atoms with van der Waals surface area (Å²) in [6.07, 6.45) is 8.78. The van der Waals surface area contributed by atoms with Crippen LogP contribution >= 0.6 is 0 Å². The SMILES string of the molecule is COC(C(=O)OC(C)C)=C(C)C=CCC(C)CCCC(C)C. The van der Waals surface area contributed by atoms with Crippen molar-refractivity contribution in [3.05, 3.63) is 23.5 Å². The highest BCUT2D eigenvalue weighted by Gasteiger charge is 2.15. The van der Waals surface area contributed by atoms with Crippen molar-refractivity contribution in [1.29, 1.82) is 0 Å². The van der Waals surface area contributed by atoms with E-state index in [4.69, 9.17) is 9.47 Å². The molecule has 128 valence electrons. The molecule has 0 radical (unpaired) electrons. The van der Waals surface area contributed by atoms with Crippen molar-refractivity contribution >= 4 is 5.97 Å². The first-order valence-electron chi connectivity index (χ1n) is 8.40. The quantitative estimate of drug-likeness (QED) is 0.239. The van der Waals surface area contributed by atoms with Gasteiger partial charge in [-0.3, -0.25) is 0 Å². The fourth-order valence-electron chi connectivity index (χ4n) is 2.22. The highest BCUT2D eigenvalue weighted by Crippen LogP contribution is 2.17. The lowest BCUT2D eigenvalue weighted by Crippen LogP contribution is -2.15. The summed E-state index contributed by atoms with van der Waals surface area (Å²) < 4.78 is 10.3. The van der Waals surface area contributed by atoms with Crippen LogP contribution < -0.4 is 0 Å². The van der Waals surface area contributed by atoms with E-state index in [1.807, 2.05) is 26.8 Å². The highest BCUT2D eigenvalue weighted by molar-refractivity contribution is 5.87. The number of ether oxygens (including phenoxy) is 2. The van der Waals surface area contributed by atoms with Gasteiger partial charge in [0.15, 0.2) is 0 Å². The molecule has 0 bridgehead atoms. The van der Waals surface area contributed by atoms with Crippen LogP contribution in [0.2, 0.25) is 0 Å². The van der Waals surface area contributed by atoms with Gasteiger partial charge < -0.3 is 9.47 Å². The molecule has 1 unspecified atom stereocenters. The zero-order valence-corrected chi connectivity index (χ0v) is 15.4. The van der Waals surface area contributed by atoms with Crippen molar-refractivity contribution in [3.63, 3.8) is 0 Å². The summed E-state index contributed by atoms with van der Waals surface area (Å²) in [7, 11) is 1.50. The van der Waals surface area contributed by atoms with Crippen LogP contribution in [0.4, 0.5) is 0 Å². The molecule has 3 nitrogen and oxygen atoms in total. The fraction of sp³-hybridized carbons (Fsp3) is 0.737. The normalized spacial score (nSPS) is 14.4. The number of esters is 1. The summed E-state index contributed by atoms with van der Waals surface area (Å²) >= 11 is 0. The Morgan fingerprint density at radius 3 is 2.23 bits per heavy atom. The van der Waals surface area contributed by atoms with Crippen molar-refractivity contribution in [2.24, 2.45) is 11.8 Å². The number of hydrogen-bond acceptors (Lipinski definition) is 3. The molecule has 0 aromatic carbocycles. The van der Waals surface area contributed by atoms with Gasteiger partial charge in [0.05, 0.1) is 13.2 Å². The minimum atomic E-state index is -0.398. The monoisotopic (exact) mass is 310 g/mol. The average Bonchev–Trinajstić information content (AvgIpc) is 2.38. The first-order valence-corrected chi connectivity index (χ1v) is 8.40. The number of methoxy groups -OCH3 is 1. The van der Waals surface area contributed by atoms with Gasteiger partial charge >= 0.3 is 5.97 Å². The van der Waals surface area contributed by atoms with Crippen LogP contribution in [0.25, 0.3) is 0 Å². The molecule has 0 saturated carbocycles. The Labute approximate surface area is 136 Å². The van der Waals surface area contributed by atoms with Crippen molar-refractivity contribution in [1.82, 2.24) is 0 Å². The molecular formula is C19H34O3. The molecule has 0 aromatic rings. The summed E-state index contributed by atoms with van der Waals surface area (Å²) in [5.74, 6) is 1.34. The molecule has 0 rings (SSSR count). The molecule has 0 aromatic heterocycles. The topological polar surface area (TPSA) is 35.5 Å². The molecule has 0 aliphatic rings. The second kappa shape index (κ2) is 11.3. The van der Waals surface area contributed by atoms with Crippen LogP contribution in [0.5, 0.6) is 0 Å². The smallest absolute Gasteiger partial charge is 0.374 e. The van der Waals surface area contributed by atoms with Gasteiger partial charge in [-0.15, -0.1) is 0 Å². The summed E-state index contributed by atoms with van der Waals surface area (Å²) in [4.78, 5) is 11.9. The zero-order valence-electron chi connectivity index (χ0n) is 15.4. The first-order chi connectivity index (χ1) is 10.3. The Hall–Kier alpha value is -1.25. The molecule has 0 saturated heterocycles. The van der Waals surface area contributed by atoms with E-state index in [9.17, 15) is 4.79 Å². The van der Waals surface area contributed by atoms with Gasteiger partial charge in [0.25, 0.3) is 0 Å². The molecule has 22 heavy (non-hydrogen) atoms. The standard InChI is InChI=1S/C19H34O3/c1-14(2)10-8-11-16(5)12-9-13-17(6)18(21-7)19(20)22-15(3)4/h9,13-16H,8,10-12H2,1-7H3. The van der Waals surface area contributed by atoms with Gasteiger partial charge in [0, 0.05) is 0 Å². The predicted octanol–water partition coefficient (Wildman–Crippen LogP) is 5.27. The van der Waals surface area contributed by atoms with Crippen LogP contribution in [-0.2, 0) is 14.3 Å². The largest absolute Gasteiger partial charge is 0.490 e. The van der Waals surface area contributed by atoms with Crippen molar-refractivity contribution < 1.29 is 14.3 Å². The Kier molecular flexibility index (Phi) is 10.7. The predicted molar refractivity (Wildman–Crippen MR) is 92.5 cm³/mol. The molecular weight excluding hydrogens is 276 g/mol. The first kappa shape index (κ1) is 20.8. The van der Waals surface area contributed by atoms with Crippen molar-refractivity contribution in [2.75, 3.05) is 7.11 Å². The molecule has 3 heteroatoms. The summed E-state index contributed by atoms with van der Waals surface area (Å²) in [5, 5.41) is 0. The van der Waals surface area contributed by atoms with Gasteiger partial charge in [0.1, 0.15) is 0 Å². The molecule has 1 atom stereocenters. The molecule has 0 spiro atoms. The van der Waals surface area contributed by atoms with E-state index in [0.29, 0.717) is 5.92 Å². The second-order valence-corrected chi connectivity index (χ2v) is 6.74. The van der Waals surface area contributed by atoms with E-state index in [0.717, 1.165) is 17.9 Å². The second-order valence-electron chi connectivity index (χ2n) is 6.74. The highest BCUT2D eigenvalue weighted by atomic mass is 16.6. The number of hydrogen-bond donors (Lipinski definition) is 0. The van der Waals surface area contributed by atoms with E-state index in [2.05, 4.69) is 26.8 Å². The Bertz CT molecular complexity index is 378. The lowest BCUT2D eigenvalue weighted by molar-refractivity contribution is -0.146. The van der Waals surface area contributed by atoms with Crippen molar-refractivity contribution in [2.45, 2.75) is 73.3 Å². The third-order valence-corrected chi connectivity index (χ3v) is 3.48. The summed E-state index contributed by atoms with van der Waals surface area (Å²) in [6.45, 7) is 12.3. The third kappa shape index (κ3) is 9.64. The lowest BCUT2D eigenvalue weighted by atomic mass is 9.97. The Morgan fingerprint density at radius 1 is 1.09 bits per heavy atom. The minimum Gasteiger partial charge on any atom is -0.490 e. The van der Waals surface area contributed by atoms with Crippen LogP contribution in [0.3, 0.4) is 0 Å². The molecule has 0 heterocycles. The van der Waals surface area contributed by atoms with E-state index in [-0.39, 0.29) is 11.9 Å². The number of carbonyl (C=O) groups is 1. The summed E-state index contributed by atoms with van der Waals surface area (Å²) in [5.41, 5.74) is 0.808. The number of rotatable bonds is 10. The van der Waals surface area contributed by atoms with E-state index < -0.39 is 5.97 Å². The average molecular weight is 310 g/mol. The maximum absolute atomic E-state index is 11.9. The Balaban J connectivity index is 4.43. The zero-order chi connectivity index (χ0) is 17.1. The number of carbonyl (C=O) groups excluding carboxylic acids is 1. The van der Waals surface area contributed by atoms with Crippen LogP contribution in [0.15, 0.2) is 23.5 Å². The molecule has 0 N–H and O–H groups in total. The number of allylic oxidation sites excluding steroid dienone is 3. The molecule has 0 fully saturated rings. The third-order valence-electron chi connectivity index (χ3n) is 3.48. The molecule has 0 aliphatic carbocycles. The van der Waals surface area contributed by atoms with Crippen LogP contribution in [0, 0.1) is 11.8 Å². The van der Waals surface area contributed by atoms with Crippen molar-refractivity contribution in [3.8, 4) is 0 Å². The summed E-state index contributed by atoms with van der Waals surface area (Å²) in [6, 6.07) is 0. The maximum atomic E-state index is 11.9. The molecule has 0 aliphatic heterocycles.